The average molecular weight is 459 g/mol. The van der Waals surface area contributed by atoms with Crippen LogP contribution in [0.1, 0.15) is 19.8 Å². The summed E-state index contributed by atoms with van der Waals surface area (Å²) < 4.78 is 42.1. The van der Waals surface area contributed by atoms with Gasteiger partial charge in [0.05, 0.1) is 10.7 Å². The van der Waals surface area contributed by atoms with Gasteiger partial charge in [0.2, 0.25) is 0 Å². The van der Waals surface area contributed by atoms with Crippen LogP contribution < -0.4 is 10.0 Å². The van der Waals surface area contributed by atoms with Gasteiger partial charge < -0.3 is 10.2 Å². The van der Waals surface area contributed by atoms with E-state index in [0.717, 1.165) is 42.1 Å². The molecular weight excluding hydrogens is 435 g/mol. The number of hydrogen-bond donors (Lipinski definition) is 2. The SMILES string of the molecule is CC1C2C[C@H](Nc3cc(F)c(S(=O)(=O)Nc4nccs4)cc3Cl)[C@@H](N(C)C)CC12. The standard InChI is InChI=1S/C19H24ClFN4O2S2/c1-10-11-6-16(17(25(2)3)7-12(10)11)23-15-9-14(21)18(8-13(15)20)29(26,27)24-19-22-4-5-28-19/h4-5,8-12,16-17,23H,6-7H2,1-3H3,(H,22,24)/t10?,11?,12?,16-,17-/m0/s1. The lowest BCUT2D eigenvalue weighted by molar-refractivity contribution is 0.204. The number of anilines is 2. The quantitative estimate of drug-likeness (QED) is 0.681. The number of nitrogens with one attached hydrogen (secondary N) is 2. The maximum Gasteiger partial charge on any atom is 0.266 e. The Balaban J connectivity index is 1.57. The van der Waals surface area contributed by atoms with Gasteiger partial charge in [-0.3, -0.25) is 4.72 Å². The number of hydrogen-bond acceptors (Lipinski definition) is 6. The molecule has 0 spiro atoms. The second kappa shape index (κ2) is 7.68. The van der Waals surface area contributed by atoms with E-state index < -0.39 is 20.7 Å². The highest BCUT2D eigenvalue weighted by Gasteiger charge is 2.53. The Labute approximate surface area is 179 Å². The Morgan fingerprint density at radius 3 is 2.66 bits per heavy atom. The Morgan fingerprint density at radius 1 is 1.28 bits per heavy atom. The summed E-state index contributed by atoms with van der Waals surface area (Å²) >= 11 is 7.48. The molecule has 5 atom stereocenters. The molecule has 2 aliphatic carbocycles. The lowest BCUT2D eigenvalue weighted by Crippen LogP contribution is -2.46. The fraction of sp³-hybridized carbons (Fsp3) is 0.526. The van der Waals surface area contributed by atoms with Gasteiger partial charge in [0.25, 0.3) is 10.0 Å². The summed E-state index contributed by atoms with van der Waals surface area (Å²) in [6, 6.07) is 2.78. The summed E-state index contributed by atoms with van der Waals surface area (Å²) in [7, 11) is -0.0165. The molecule has 3 unspecified atom stereocenters. The van der Waals surface area contributed by atoms with Crippen LogP contribution in [-0.4, -0.2) is 44.5 Å². The molecule has 0 aliphatic heterocycles. The van der Waals surface area contributed by atoms with Gasteiger partial charge in [-0.1, -0.05) is 18.5 Å². The lowest BCUT2D eigenvalue weighted by atomic mass is 9.89. The van der Waals surface area contributed by atoms with Crippen LogP contribution in [0.15, 0.2) is 28.6 Å². The molecule has 1 aromatic carbocycles. The summed E-state index contributed by atoms with van der Waals surface area (Å²) in [6.07, 6.45) is 3.56. The molecule has 2 aliphatic rings. The number of rotatable bonds is 6. The van der Waals surface area contributed by atoms with Crippen molar-refractivity contribution in [2.75, 3.05) is 24.1 Å². The highest BCUT2D eigenvalue weighted by Crippen LogP contribution is 2.56. The van der Waals surface area contributed by atoms with Crippen LogP contribution in [0.2, 0.25) is 5.02 Å². The number of thiazole rings is 1. The van der Waals surface area contributed by atoms with Gasteiger partial charge in [0, 0.05) is 23.7 Å². The topological polar surface area (TPSA) is 74.3 Å². The predicted molar refractivity (Wildman–Crippen MR) is 115 cm³/mol. The zero-order valence-electron chi connectivity index (χ0n) is 16.4. The smallest absolute Gasteiger partial charge is 0.266 e. The van der Waals surface area contributed by atoms with Crippen LogP contribution in [0.25, 0.3) is 0 Å². The van der Waals surface area contributed by atoms with Crippen molar-refractivity contribution in [3.63, 3.8) is 0 Å². The van der Waals surface area contributed by atoms with Gasteiger partial charge in [0.1, 0.15) is 10.7 Å². The van der Waals surface area contributed by atoms with E-state index >= 15 is 0 Å². The molecule has 2 fully saturated rings. The van der Waals surface area contributed by atoms with Crippen molar-refractivity contribution < 1.29 is 12.8 Å². The molecule has 1 aromatic heterocycles. The van der Waals surface area contributed by atoms with Crippen LogP contribution in [0.4, 0.5) is 15.2 Å². The third-order valence-corrected chi connectivity index (χ3v) is 8.72. The van der Waals surface area contributed by atoms with Crippen LogP contribution in [0.5, 0.6) is 0 Å². The third kappa shape index (κ3) is 4.10. The number of likely N-dealkylation sites (N-methyl/N-ethyl adjacent to an activating group) is 1. The van der Waals surface area contributed by atoms with Crippen molar-refractivity contribution in [1.82, 2.24) is 9.88 Å². The van der Waals surface area contributed by atoms with Gasteiger partial charge >= 0.3 is 0 Å². The van der Waals surface area contributed by atoms with Gasteiger partial charge in [0.15, 0.2) is 5.13 Å². The highest BCUT2D eigenvalue weighted by molar-refractivity contribution is 7.93. The Bertz CT molecular complexity index is 1000. The van der Waals surface area contributed by atoms with Crippen molar-refractivity contribution in [3.05, 3.63) is 34.5 Å². The third-order valence-electron chi connectivity index (χ3n) is 6.23. The van der Waals surface area contributed by atoms with Gasteiger partial charge in [-0.05, 0) is 56.8 Å². The van der Waals surface area contributed by atoms with Crippen LogP contribution in [0.3, 0.4) is 0 Å². The number of fused-ring (bicyclic) bond motifs is 1. The molecular formula is C19H24ClFN4O2S2. The molecule has 10 heteroatoms. The monoisotopic (exact) mass is 458 g/mol. The molecule has 0 bridgehead atoms. The Morgan fingerprint density at radius 2 is 2.00 bits per heavy atom. The van der Waals surface area contributed by atoms with E-state index in [0.29, 0.717) is 17.6 Å². The Kier molecular flexibility index (Phi) is 5.52. The van der Waals surface area contributed by atoms with E-state index in [2.05, 4.69) is 40.9 Å². The second-order valence-electron chi connectivity index (χ2n) is 8.15. The number of aromatic nitrogens is 1. The molecule has 6 nitrogen and oxygen atoms in total. The maximum absolute atomic E-state index is 14.8. The number of benzene rings is 1. The molecule has 2 saturated carbocycles. The largest absolute Gasteiger partial charge is 0.379 e. The minimum Gasteiger partial charge on any atom is -0.379 e. The molecule has 0 radical (unpaired) electrons. The highest BCUT2D eigenvalue weighted by atomic mass is 35.5. The van der Waals surface area contributed by atoms with Crippen LogP contribution in [-0.2, 0) is 10.0 Å². The van der Waals surface area contributed by atoms with Crippen LogP contribution >= 0.6 is 22.9 Å². The van der Waals surface area contributed by atoms with Gasteiger partial charge in [-0.2, -0.15) is 0 Å². The first-order valence-electron chi connectivity index (χ1n) is 9.51. The normalized spacial score (nSPS) is 28.8. The summed E-state index contributed by atoms with van der Waals surface area (Å²) in [4.78, 5) is 5.57. The molecule has 2 aromatic rings. The van der Waals surface area contributed by atoms with E-state index in [1.54, 1.807) is 5.38 Å². The van der Waals surface area contributed by atoms with E-state index in [4.69, 9.17) is 11.6 Å². The maximum atomic E-state index is 14.8. The predicted octanol–water partition coefficient (Wildman–Crippen LogP) is 4.12. The first kappa shape index (κ1) is 20.8. The number of sulfonamides is 1. The Hall–Kier alpha value is -1.42. The first-order chi connectivity index (χ1) is 13.7. The molecule has 0 amide bonds. The fourth-order valence-electron chi connectivity index (χ4n) is 4.52. The molecule has 1 heterocycles. The summed E-state index contributed by atoms with van der Waals surface area (Å²) in [5, 5.41) is 5.36. The van der Waals surface area contributed by atoms with Crippen molar-refractivity contribution in [2.45, 2.75) is 36.7 Å². The van der Waals surface area contributed by atoms with E-state index in [-0.39, 0.29) is 16.2 Å². The van der Waals surface area contributed by atoms with Crippen LogP contribution in [0, 0.1) is 23.6 Å². The lowest BCUT2D eigenvalue weighted by Gasteiger charge is -2.37. The van der Waals surface area contributed by atoms with Crippen molar-refractivity contribution in [1.29, 1.82) is 0 Å². The summed E-state index contributed by atoms with van der Waals surface area (Å²) in [6.45, 7) is 2.28. The molecule has 2 N–H and O–H groups in total. The molecule has 158 valence electrons. The average Bonchev–Trinajstić information content (AvgIpc) is 3.02. The van der Waals surface area contributed by atoms with Gasteiger partial charge in [-0.25, -0.2) is 17.8 Å². The van der Waals surface area contributed by atoms with Crippen molar-refractivity contribution in [2.24, 2.45) is 17.8 Å². The molecule has 0 saturated heterocycles. The second-order valence-corrected chi connectivity index (χ2v) is 11.1. The minimum absolute atomic E-state index is 0.129. The van der Waals surface area contributed by atoms with Crippen molar-refractivity contribution in [3.8, 4) is 0 Å². The van der Waals surface area contributed by atoms with E-state index in [9.17, 15) is 12.8 Å². The zero-order valence-corrected chi connectivity index (χ0v) is 18.8. The van der Waals surface area contributed by atoms with Crippen molar-refractivity contribution >= 4 is 43.8 Å². The van der Waals surface area contributed by atoms with E-state index in [1.165, 1.54) is 12.3 Å². The fourth-order valence-corrected chi connectivity index (χ4v) is 6.68. The minimum atomic E-state index is -4.12. The summed E-state index contributed by atoms with van der Waals surface area (Å²) in [5.74, 6) is 1.32. The number of nitrogens with zero attached hydrogens (tertiary/aromatic N) is 2. The first-order valence-corrected chi connectivity index (χ1v) is 12.3. The summed E-state index contributed by atoms with van der Waals surface area (Å²) in [5.41, 5.74) is 0.418. The van der Waals surface area contributed by atoms with Gasteiger partial charge in [-0.15, -0.1) is 11.3 Å². The number of halogens is 2. The molecule has 29 heavy (non-hydrogen) atoms. The van der Waals surface area contributed by atoms with E-state index in [1.807, 2.05) is 0 Å². The zero-order chi connectivity index (χ0) is 20.9. The molecule has 4 rings (SSSR count).